The van der Waals surface area contributed by atoms with Crippen molar-refractivity contribution in [3.8, 4) is 5.75 Å². The Kier molecular flexibility index (Phi) is 4.76. The number of aromatic hydroxyl groups is 1. The van der Waals surface area contributed by atoms with Gasteiger partial charge in [0.05, 0.1) is 9.82 Å². The molecule has 8 nitrogen and oxygen atoms in total. The maximum atomic E-state index is 12.3. The summed E-state index contributed by atoms with van der Waals surface area (Å²) in [4.78, 5) is 9.71. The number of nitrogens with one attached hydrogen (secondary N) is 2. The summed E-state index contributed by atoms with van der Waals surface area (Å²) >= 11 is 0. The molecule has 1 fully saturated rings. The monoisotopic (exact) mass is 315 g/mol. The smallest absolute Gasteiger partial charge is 0.312 e. The molecular formula is C12H17N3O5S. The second-order valence-electron chi connectivity index (χ2n) is 4.93. The fourth-order valence-corrected chi connectivity index (χ4v) is 3.51. The Morgan fingerprint density at radius 3 is 2.86 bits per heavy atom. The van der Waals surface area contributed by atoms with Crippen LogP contribution in [0.1, 0.15) is 19.3 Å². The maximum Gasteiger partial charge on any atom is 0.312 e. The SMILES string of the molecule is O=[N+]([O-])c1cc(S(=O)(=O)NC2CCCCNC2)ccc1O. The Morgan fingerprint density at radius 2 is 2.14 bits per heavy atom. The number of rotatable bonds is 4. The predicted octanol–water partition coefficient (Wildman–Crippen LogP) is 0.721. The van der Waals surface area contributed by atoms with Crippen molar-refractivity contribution in [3.63, 3.8) is 0 Å². The zero-order valence-electron chi connectivity index (χ0n) is 11.3. The predicted molar refractivity (Wildman–Crippen MR) is 75.6 cm³/mol. The first-order chi connectivity index (χ1) is 9.90. The molecule has 1 unspecified atom stereocenters. The van der Waals surface area contributed by atoms with E-state index in [-0.39, 0.29) is 10.9 Å². The molecule has 3 N–H and O–H groups in total. The standard InChI is InChI=1S/C12H17N3O5S/c16-12-5-4-10(7-11(12)15(17)18)21(19,20)14-9-3-1-2-6-13-8-9/h4-5,7,9,13-14,16H,1-3,6,8H2. The number of benzene rings is 1. The first kappa shape index (κ1) is 15.7. The van der Waals surface area contributed by atoms with Crippen molar-refractivity contribution in [1.29, 1.82) is 0 Å². The molecule has 2 rings (SSSR count). The Bertz CT molecular complexity index is 624. The van der Waals surface area contributed by atoms with Gasteiger partial charge in [0.15, 0.2) is 5.75 Å². The van der Waals surface area contributed by atoms with E-state index in [0.717, 1.165) is 37.6 Å². The lowest BCUT2D eigenvalue weighted by Crippen LogP contribution is -2.40. The second kappa shape index (κ2) is 6.37. The van der Waals surface area contributed by atoms with Gasteiger partial charge in [0, 0.05) is 18.7 Å². The number of phenolic OH excluding ortho intramolecular Hbond substituents is 1. The van der Waals surface area contributed by atoms with Gasteiger partial charge in [-0.1, -0.05) is 6.42 Å². The number of nitro groups is 1. The minimum atomic E-state index is -3.85. The van der Waals surface area contributed by atoms with Gasteiger partial charge in [-0.05, 0) is 31.5 Å². The molecule has 0 saturated carbocycles. The van der Waals surface area contributed by atoms with Crippen molar-refractivity contribution >= 4 is 15.7 Å². The number of hydrogen-bond donors (Lipinski definition) is 3. The zero-order chi connectivity index (χ0) is 15.5. The average molecular weight is 315 g/mol. The molecule has 0 radical (unpaired) electrons. The van der Waals surface area contributed by atoms with Crippen molar-refractivity contribution in [3.05, 3.63) is 28.3 Å². The van der Waals surface area contributed by atoms with E-state index in [9.17, 15) is 23.6 Å². The van der Waals surface area contributed by atoms with E-state index in [1.807, 2.05) is 0 Å². The summed E-state index contributed by atoms with van der Waals surface area (Å²) in [6.45, 7) is 1.38. The topological polar surface area (TPSA) is 122 Å². The molecule has 9 heteroatoms. The lowest BCUT2D eigenvalue weighted by Gasteiger charge is -2.16. The molecule has 1 saturated heterocycles. The van der Waals surface area contributed by atoms with Crippen LogP contribution in [0.5, 0.6) is 5.75 Å². The van der Waals surface area contributed by atoms with E-state index < -0.39 is 26.4 Å². The molecule has 0 amide bonds. The molecule has 0 aromatic heterocycles. The lowest BCUT2D eigenvalue weighted by molar-refractivity contribution is -0.386. The van der Waals surface area contributed by atoms with Gasteiger partial charge in [-0.15, -0.1) is 0 Å². The molecule has 1 aliphatic rings. The third-order valence-electron chi connectivity index (χ3n) is 3.32. The summed E-state index contributed by atoms with van der Waals surface area (Å²) in [5, 5.41) is 23.3. The van der Waals surface area contributed by atoms with E-state index in [4.69, 9.17) is 0 Å². The van der Waals surface area contributed by atoms with Crippen molar-refractivity contribution in [2.75, 3.05) is 13.1 Å². The molecule has 21 heavy (non-hydrogen) atoms. The van der Waals surface area contributed by atoms with Crippen LogP contribution in [0.3, 0.4) is 0 Å². The molecule has 0 spiro atoms. The highest BCUT2D eigenvalue weighted by atomic mass is 32.2. The molecular weight excluding hydrogens is 298 g/mol. The van der Waals surface area contributed by atoms with Crippen LogP contribution in [0, 0.1) is 10.1 Å². The molecule has 1 atom stereocenters. The quantitative estimate of drug-likeness (QED) is 0.556. The first-order valence-electron chi connectivity index (χ1n) is 6.60. The first-order valence-corrected chi connectivity index (χ1v) is 8.09. The Hall–Kier alpha value is -1.71. The van der Waals surface area contributed by atoms with Crippen molar-refractivity contribution in [1.82, 2.24) is 10.0 Å². The van der Waals surface area contributed by atoms with Gasteiger partial charge in [0.1, 0.15) is 0 Å². The van der Waals surface area contributed by atoms with Crippen LogP contribution < -0.4 is 10.0 Å². The van der Waals surface area contributed by atoms with Crippen LogP contribution in [0.15, 0.2) is 23.1 Å². The van der Waals surface area contributed by atoms with E-state index in [2.05, 4.69) is 10.0 Å². The van der Waals surface area contributed by atoms with Gasteiger partial charge in [-0.25, -0.2) is 13.1 Å². The van der Waals surface area contributed by atoms with E-state index in [1.54, 1.807) is 0 Å². The van der Waals surface area contributed by atoms with Crippen LogP contribution in [0.4, 0.5) is 5.69 Å². The fraction of sp³-hybridized carbons (Fsp3) is 0.500. The number of sulfonamides is 1. The molecule has 0 bridgehead atoms. The summed E-state index contributed by atoms with van der Waals surface area (Å²) in [7, 11) is -3.85. The van der Waals surface area contributed by atoms with Crippen molar-refractivity contribution < 1.29 is 18.4 Å². The van der Waals surface area contributed by atoms with Crippen LogP contribution in [0.25, 0.3) is 0 Å². The van der Waals surface area contributed by atoms with Crippen LogP contribution in [-0.2, 0) is 10.0 Å². The van der Waals surface area contributed by atoms with E-state index >= 15 is 0 Å². The van der Waals surface area contributed by atoms with E-state index in [1.165, 1.54) is 0 Å². The third kappa shape index (κ3) is 3.90. The second-order valence-corrected chi connectivity index (χ2v) is 6.64. The number of hydrogen-bond acceptors (Lipinski definition) is 6. The highest BCUT2D eigenvalue weighted by molar-refractivity contribution is 7.89. The minimum Gasteiger partial charge on any atom is -0.502 e. The van der Waals surface area contributed by atoms with Crippen molar-refractivity contribution in [2.24, 2.45) is 0 Å². The van der Waals surface area contributed by atoms with Gasteiger partial charge in [-0.3, -0.25) is 10.1 Å². The van der Waals surface area contributed by atoms with Gasteiger partial charge in [-0.2, -0.15) is 0 Å². The zero-order valence-corrected chi connectivity index (χ0v) is 12.1. The molecule has 116 valence electrons. The fourth-order valence-electron chi connectivity index (χ4n) is 2.22. The van der Waals surface area contributed by atoms with E-state index in [0.29, 0.717) is 13.0 Å². The summed E-state index contributed by atoms with van der Waals surface area (Å²) in [5.74, 6) is -0.560. The van der Waals surface area contributed by atoms with Crippen molar-refractivity contribution in [2.45, 2.75) is 30.2 Å². The summed E-state index contributed by atoms with van der Waals surface area (Å²) in [6.07, 6.45) is 2.62. The van der Waals surface area contributed by atoms with Gasteiger partial charge in [0.2, 0.25) is 10.0 Å². The molecule has 1 heterocycles. The number of nitro benzene ring substituents is 1. The largest absolute Gasteiger partial charge is 0.502 e. The normalized spacial score (nSPS) is 19.9. The van der Waals surface area contributed by atoms with Gasteiger partial charge >= 0.3 is 5.69 Å². The third-order valence-corrected chi connectivity index (χ3v) is 4.84. The number of phenols is 1. The average Bonchev–Trinajstić information content (AvgIpc) is 2.66. The highest BCUT2D eigenvalue weighted by Crippen LogP contribution is 2.28. The summed E-state index contributed by atoms with van der Waals surface area (Å²) in [5.41, 5.74) is -0.628. The Labute approximate surface area is 122 Å². The van der Waals surface area contributed by atoms with Crippen LogP contribution in [-0.4, -0.2) is 37.6 Å². The highest BCUT2D eigenvalue weighted by Gasteiger charge is 2.24. The maximum absolute atomic E-state index is 12.3. The molecule has 1 aromatic carbocycles. The van der Waals surface area contributed by atoms with Crippen LogP contribution in [0.2, 0.25) is 0 Å². The van der Waals surface area contributed by atoms with Crippen LogP contribution >= 0.6 is 0 Å². The Balaban J connectivity index is 2.22. The summed E-state index contributed by atoms with van der Waals surface area (Å²) < 4.78 is 27.1. The molecule has 1 aliphatic heterocycles. The molecule has 0 aliphatic carbocycles. The minimum absolute atomic E-state index is 0.226. The lowest BCUT2D eigenvalue weighted by atomic mass is 10.2. The number of nitrogens with zero attached hydrogens (tertiary/aromatic N) is 1. The summed E-state index contributed by atoms with van der Waals surface area (Å²) in [6, 6.07) is 2.78. The molecule has 1 aromatic rings. The van der Waals surface area contributed by atoms with Gasteiger partial charge < -0.3 is 10.4 Å². The Morgan fingerprint density at radius 1 is 1.38 bits per heavy atom. The van der Waals surface area contributed by atoms with Gasteiger partial charge in [0.25, 0.3) is 0 Å².